The Balaban J connectivity index is 0.00000324. The van der Waals surface area contributed by atoms with E-state index < -0.39 is 0 Å². The maximum atomic E-state index is 4.88. The van der Waals surface area contributed by atoms with Gasteiger partial charge in [-0.15, -0.1) is 34.2 Å². The van der Waals surface area contributed by atoms with Gasteiger partial charge in [0.05, 0.1) is 6.04 Å². The summed E-state index contributed by atoms with van der Waals surface area (Å²) in [4.78, 5) is 7.42. The normalized spacial score (nSPS) is 19.5. The summed E-state index contributed by atoms with van der Waals surface area (Å²) in [7, 11) is 1.98. The number of likely N-dealkylation sites (tertiary alicyclic amines) is 1. The summed E-state index contributed by atoms with van der Waals surface area (Å²) in [6, 6.07) is 22.1. The fraction of sp³-hybridized carbons (Fsp3) is 0.423. The van der Waals surface area contributed by atoms with Gasteiger partial charge < -0.3 is 15.2 Å². The standard InChI is InChI=1S/C26H35N7.HI/c1-19-15-24(18-33(19)17-22-11-7-5-8-12-22)29-26(27-16-25-31-30-21(3)32(25)4)28-20(2)23-13-9-6-10-14-23;/h5-14,19-20,24H,15-18H2,1-4H3,(H2,27,28,29);1H. The maximum Gasteiger partial charge on any atom is 0.192 e. The molecule has 0 aliphatic carbocycles. The van der Waals surface area contributed by atoms with E-state index in [9.17, 15) is 0 Å². The van der Waals surface area contributed by atoms with Crippen molar-refractivity contribution in [1.29, 1.82) is 0 Å². The van der Waals surface area contributed by atoms with Gasteiger partial charge in [0.1, 0.15) is 12.4 Å². The Morgan fingerprint density at radius 1 is 1.09 bits per heavy atom. The molecule has 2 N–H and O–H groups in total. The Hall–Kier alpha value is -2.46. The van der Waals surface area contributed by atoms with Crippen molar-refractivity contribution in [1.82, 2.24) is 30.3 Å². The number of rotatable bonds is 7. The summed E-state index contributed by atoms with van der Waals surface area (Å²) in [5.74, 6) is 2.55. The topological polar surface area (TPSA) is 70.4 Å². The predicted octanol–water partition coefficient (Wildman–Crippen LogP) is 4.20. The minimum atomic E-state index is 0. The van der Waals surface area contributed by atoms with E-state index in [0.717, 1.165) is 37.1 Å². The highest BCUT2D eigenvalue weighted by Crippen LogP contribution is 2.20. The van der Waals surface area contributed by atoms with Crippen LogP contribution in [0.4, 0.5) is 0 Å². The van der Waals surface area contributed by atoms with Crippen molar-refractivity contribution in [3.63, 3.8) is 0 Å². The molecule has 0 saturated carbocycles. The van der Waals surface area contributed by atoms with Crippen molar-refractivity contribution in [2.24, 2.45) is 12.0 Å². The van der Waals surface area contributed by atoms with Gasteiger partial charge in [0.25, 0.3) is 0 Å². The largest absolute Gasteiger partial charge is 0.352 e. The summed E-state index contributed by atoms with van der Waals surface area (Å²) in [5.41, 5.74) is 2.58. The fourth-order valence-electron chi connectivity index (χ4n) is 4.34. The molecule has 0 radical (unpaired) electrons. The molecule has 2 aromatic carbocycles. The minimum absolute atomic E-state index is 0. The molecule has 1 fully saturated rings. The van der Waals surface area contributed by atoms with Crippen LogP contribution in [0.1, 0.15) is 49.1 Å². The van der Waals surface area contributed by atoms with Gasteiger partial charge in [0.2, 0.25) is 0 Å². The van der Waals surface area contributed by atoms with E-state index in [1.54, 1.807) is 0 Å². The van der Waals surface area contributed by atoms with E-state index in [1.807, 2.05) is 24.6 Å². The molecule has 1 aliphatic rings. The van der Waals surface area contributed by atoms with Crippen molar-refractivity contribution in [3.8, 4) is 0 Å². The lowest BCUT2D eigenvalue weighted by Gasteiger charge is -2.23. The number of benzene rings is 2. The highest BCUT2D eigenvalue weighted by molar-refractivity contribution is 14.0. The molecule has 1 aromatic heterocycles. The van der Waals surface area contributed by atoms with E-state index in [2.05, 4.69) is 94.2 Å². The minimum Gasteiger partial charge on any atom is -0.352 e. The average Bonchev–Trinajstić information content (AvgIpc) is 3.34. The smallest absolute Gasteiger partial charge is 0.192 e. The number of nitrogens with one attached hydrogen (secondary N) is 2. The van der Waals surface area contributed by atoms with Gasteiger partial charge in [0.15, 0.2) is 11.8 Å². The lowest BCUT2D eigenvalue weighted by Crippen LogP contribution is -2.45. The summed E-state index contributed by atoms with van der Waals surface area (Å²) < 4.78 is 1.99. The predicted molar refractivity (Wildman–Crippen MR) is 148 cm³/mol. The number of hydrogen-bond donors (Lipinski definition) is 2. The lowest BCUT2D eigenvalue weighted by atomic mass is 10.1. The molecule has 8 heteroatoms. The Labute approximate surface area is 220 Å². The van der Waals surface area contributed by atoms with E-state index >= 15 is 0 Å². The van der Waals surface area contributed by atoms with Crippen LogP contribution < -0.4 is 10.6 Å². The molecule has 1 aliphatic heterocycles. The highest BCUT2D eigenvalue weighted by Gasteiger charge is 2.29. The first-order chi connectivity index (χ1) is 16.0. The van der Waals surface area contributed by atoms with Crippen LogP contribution in [-0.4, -0.2) is 44.3 Å². The average molecular weight is 574 g/mol. The number of aryl methyl sites for hydroxylation is 1. The number of guanidine groups is 1. The Bertz CT molecular complexity index is 1050. The Kier molecular flexibility index (Phi) is 9.46. The van der Waals surface area contributed by atoms with Crippen molar-refractivity contribution >= 4 is 29.9 Å². The summed E-state index contributed by atoms with van der Waals surface area (Å²) in [5, 5.41) is 15.7. The van der Waals surface area contributed by atoms with Crippen LogP contribution in [0.25, 0.3) is 0 Å². The fourth-order valence-corrected chi connectivity index (χ4v) is 4.34. The molecule has 2 heterocycles. The molecule has 3 atom stereocenters. The van der Waals surface area contributed by atoms with Crippen LogP contribution in [0.2, 0.25) is 0 Å². The van der Waals surface area contributed by atoms with Crippen LogP contribution in [0.3, 0.4) is 0 Å². The summed E-state index contributed by atoms with van der Waals surface area (Å²) in [6.45, 7) is 8.86. The zero-order valence-corrected chi connectivity index (χ0v) is 22.8. The third kappa shape index (κ3) is 6.79. The first-order valence-electron chi connectivity index (χ1n) is 11.7. The van der Waals surface area contributed by atoms with Gasteiger partial charge in [-0.25, -0.2) is 4.99 Å². The van der Waals surface area contributed by atoms with Gasteiger partial charge >= 0.3 is 0 Å². The summed E-state index contributed by atoms with van der Waals surface area (Å²) >= 11 is 0. The Morgan fingerprint density at radius 3 is 2.41 bits per heavy atom. The zero-order chi connectivity index (χ0) is 23.2. The molecule has 34 heavy (non-hydrogen) atoms. The second-order valence-electron chi connectivity index (χ2n) is 9.01. The van der Waals surface area contributed by atoms with Crippen molar-refractivity contribution in [2.75, 3.05) is 6.54 Å². The van der Waals surface area contributed by atoms with Crippen LogP contribution in [0.15, 0.2) is 65.7 Å². The number of hydrogen-bond acceptors (Lipinski definition) is 4. The molecule has 0 spiro atoms. The van der Waals surface area contributed by atoms with Crippen molar-refractivity contribution in [2.45, 2.75) is 58.4 Å². The second-order valence-corrected chi connectivity index (χ2v) is 9.01. The maximum absolute atomic E-state index is 4.88. The number of halogens is 1. The molecule has 3 aromatic rings. The quantitative estimate of drug-likeness (QED) is 0.252. The lowest BCUT2D eigenvalue weighted by molar-refractivity contribution is 0.258. The monoisotopic (exact) mass is 573 g/mol. The molecule has 0 amide bonds. The van der Waals surface area contributed by atoms with Gasteiger partial charge in [-0.05, 0) is 38.3 Å². The molecule has 1 saturated heterocycles. The van der Waals surface area contributed by atoms with Gasteiger partial charge in [0, 0.05) is 32.2 Å². The van der Waals surface area contributed by atoms with Crippen molar-refractivity contribution in [3.05, 3.63) is 83.4 Å². The first kappa shape index (κ1) is 26.2. The van der Waals surface area contributed by atoms with Crippen LogP contribution in [0, 0.1) is 6.92 Å². The van der Waals surface area contributed by atoms with Gasteiger partial charge in [-0.3, -0.25) is 4.90 Å². The molecule has 3 unspecified atom stereocenters. The van der Waals surface area contributed by atoms with E-state index in [-0.39, 0.29) is 30.0 Å². The van der Waals surface area contributed by atoms with Crippen LogP contribution in [0.5, 0.6) is 0 Å². The molecule has 7 nitrogen and oxygen atoms in total. The van der Waals surface area contributed by atoms with Crippen LogP contribution >= 0.6 is 24.0 Å². The van der Waals surface area contributed by atoms with Crippen LogP contribution in [-0.2, 0) is 20.1 Å². The molecule has 4 rings (SSSR count). The van der Waals surface area contributed by atoms with Gasteiger partial charge in [-0.1, -0.05) is 60.7 Å². The molecular weight excluding hydrogens is 537 g/mol. The second kappa shape index (κ2) is 12.3. The SMILES string of the molecule is Cc1nnc(CN=C(NC2CC(C)N(Cc3ccccc3)C2)NC(C)c2ccccc2)n1C.I. The number of nitrogens with zero attached hydrogens (tertiary/aromatic N) is 5. The molecule has 182 valence electrons. The number of aliphatic imine (C=N–C) groups is 1. The molecular formula is C26H36IN7. The van der Waals surface area contributed by atoms with E-state index in [1.165, 1.54) is 11.1 Å². The van der Waals surface area contributed by atoms with Gasteiger partial charge in [-0.2, -0.15) is 0 Å². The third-order valence-electron chi connectivity index (χ3n) is 6.49. The van der Waals surface area contributed by atoms with E-state index in [4.69, 9.17) is 4.99 Å². The van der Waals surface area contributed by atoms with Crippen molar-refractivity contribution < 1.29 is 0 Å². The summed E-state index contributed by atoms with van der Waals surface area (Å²) in [6.07, 6.45) is 1.08. The van der Waals surface area contributed by atoms with E-state index in [0.29, 0.717) is 18.6 Å². The third-order valence-corrected chi connectivity index (χ3v) is 6.49. The number of aromatic nitrogens is 3. The highest BCUT2D eigenvalue weighted by atomic mass is 127. The Morgan fingerprint density at radius 2 is 1.76 bits per heavy atom. The zero-order valence-electron chi connectivity index (χ0n) is 20.5. The molecule has 0 bridgehead atoms. The first-order valence-corrected chi connectivity index (χ1v) is 11.7.